The van der Waals surface area contributed by atoms with Crippen LogP contribution in [0.5, 0.6) is 0 Å². The van der Waals surface area contributed by atoms with Crippen molar-refractivity contribution in [3.63, 3.8) is 0 Å². The fraction of sp³-hybridized carbons (Fsp3) is 0.462. The zero-order valence-corrected chi connectivity index (χ0v) is 10.6. The number of nitrogens with zero attached hydrogens (tertiary/aromatic N) is 1. The lowest BCUT2D eigenvalue weighted by molar-refractivity contribution is 0.461. The van der Waals surface area contributed by atoms with Crippen LogP contribution in [0.25, 0.3) is 11.4 Å². The third kappa shape index (κ3) is 2.58. The quantitative estimate of drug-likeness (QED) is 0.741. The van der Waals surface area contributed by atoms with Gasteiger partial charge in [-0.1, -0.05) is 13.8 Å². The predicted molar refractivity (Wildman–Crippen MR) is 69.9 cm³/mol. The van der Waals surface area contributed by atoms with E-state index in [2.05, 4.69) is 34.1 Å². The molecule has 0 aliphatic heterocycles. The van der Waals surface area contributed by atoms with Crippen LogP contribution in [0.1, 0.15) is 25.6 Å². The average Bonchev–Trinajstić information content (AvgIpc) is 2.95. The summed E-state index contributed by atoms with van der Waals surface area (Å²) in [4.78, 5) is 11.1. The highest BCUT2D eigenvalue weighted by atomic mass is 15.0. The van der Waals surface area contributed by atoms with Gasteiger partial charge < -0.3 is 15.3 Å². The molecule has 0 saturated heterocycles. The molecule has 2 aromatic rings. The number of aromatic nitrogens is 3. The Hall–Kier alpha value is -1.55. The average molecular weight is 232 g/mol. The van der Waals surface area contributed by atoms with Crippen molar-refractivity contribution in [1.82, 2.24) is 20.3 Å². The maximum atomic E-state index is 4.50. The number of aromatic amines is 2. The number of hydrogen-bond acceptors (Lipinski definition) is 2. The largest absolute Gasteiger partial charge is 0.360 e. The van der Waals surface area contributed by atoms with Gasteiger partial charge in [0.1, 0.15) is 5.82 Å². The topological polar surface area (TPSA) is 56.5 Å². The van der Waals surface area contributed by atoms with Crippen molar-refractivity contribution in [2.75, 3.05) is 13.6 Å². The molecule has 0 amide bonds. The molecule has 0 aliphatic carbocycles. The van der Waals surface area contributed by atoms with Crippen LogP contribution in [0.15, 0.2) is 24.5 Å². The lowest BCUT2D eigenvalue weighted by Gasteiger charge is -2.17. The highest BCUT2D eigenvalue weighted by Gasteiger charge is 2.18. The lowest BCUT2D eigenvalue weighted by Crippen LogP contribution is -2.22. The smallest absolute Gasteiger partial charge is 0.111 e. The van der Waals surface area contributed by atoms with Gasteiger partial charge in [-0.05, 0) is 25.1 Å². The number of hydrogen-bond donors (Lipinski definition) is 3. The van der Waals surface area contributed by atoms with E-state index in [1.807, 2.05) is 31.6 Å². The van der Waals surface area contributed by atoms with Crippen LogP contribution in [0, 0.1) is 5.92 Å². The van der Waals surface area contributed by atoms with Crippen LogP contribution in [0.2, 0.25) is 0 Å². The van der Waals surface area contributed by atoms with Crippen molar-refractivity contribution in [3.05, 3.63) is 30.4 Å². The van der Waals surface area contributed by atoms with Crippen molar-refractivity contribution in [3.8, 4) is 11.4 Å². The summed E-state index contributed by atoms with van der Waals surface area (Å²) in [6, 6.07) is 4.03. The maximum Gasteiger partial charge on any atom is 0.111 e. The molecule has 0 spiro atoms. The molecule has 0 radical (unpaired) electrons. The van der Waals surface area contributed by atoms with Gasteiger partial charge in [0.25, 0.3) is 0 Å². The minimum Gasteiger partial charge on any atom is -0.360 e. The number of rotatable bonds is 5. The van der Waals surface area contributed by atoms with E-state index in [1.54, 1.807) is 0 Å². The van der Waals surface area contributed by atoms with Gasteiger partial charge in [0.2, 0.25) is 0 Å². The van der Waals surface area contributed by atoms with E-state index in [4.69, 9.17) is 0 Å². The Morgan fingerprint density at radius 1 is 1.35 bits per heavy atom. The second-order valence-electron chi connectivity index (χ2n) is 4.67. The number of H-pyrrole nitrogens is 2. The molecule has 0 saturated carbocycles. The molecule has 1 atom stereocenters. The molecule has 17 heavy (non-hydrogen) atoms. The summed E-state index contributed by atoms with van der Waals surface area (Å²) in [6.45, 7) is 5.38. The van der Waals surface area contributed by atoms with Crippen molar-refractivity contribution in [2.45, 2.75) is 19.8 Å². The Morgan fingerprint density at radius 2 is 2.18 bits per heavy atom. The van der Waals surface area contributed by atoms with Gasteiger partial charge in [0.05, 0.1) is 17.6 Å². The molecule has 2 rings (SSSR count). The van der Waals surface area contributed by atoms with Crippen LogP contribution >= 0.6 is 0 Å². The van der Waals surface area contributed by atoms with Gasteiger partial charge >= 0.3 is 0 Å². The second-order valence-corrected chi connectivity index (χ2v) is 4.67. The summed E-state index contributed by atoms with van der Waals surface area (Å²) < 4.78 is 0. The minimum atomic E-state index is 0.420. The SMILES string of the molecule is CNCC(c1ncc(-c2ccc[nH]2)[nH]1)C(C)C. The number of nitrogens with one attached hydrogen (secondary N) is 3. The molecular formula is C13H20N4. The molecule has 92 valence electrons. The molecule has 0 aliphatic rings. The van der Waals surface area contributed by atoms with E-state index in [0.29, 0.717) is 11.8 Å². The summed E-state index contributed by atoms with van der Waals surface area (Å²) in [7, 11) is 1.98. The first kappa shape index (κ1) is 11.9. The van der Waals surface area contributed by atoms with Gasteiger partial charge in [-0.25, -0.2) is 4.98 Å². The van der Waals surface area contributed by atoms with E-state index >= 15 is 0 Å². The van der Waals surface area contributed by atoms with Crippen molar-refractivity contribution >= 4 is 0 Å². The summed E-state index contributed by atoms with van der Waals surface area (Å²) in [6.07, 6.45) is 3.82. The molecule has 4 heteroatoms. The van der Waals surface area contributed by atoms with Gasteiger partial charge in [-0.2, -0.15) is 0 Å². The monoisotopic (exact) mass is 232 g/mol. The molecule has 0 bridgehead atoms. The first-order valence-electron chi connectivity index (χ1n) is 6.05. The van der Waals surface area contributed by atoms with Gasteiger partial charge in [-0.3, -0.25) is 0 Å². The van der Waals surface area contributed by atoms with Crippen LogP contribution < -0.4 is 5.32 Å². The van der Waals surface area contributed by atoms with Crippen molar-refractivity contribution in [1.29, 1.82) is 0 Å². The highest BCUT2D eigenvalue weighted by molar-refractivity contribution is 5.53. The Balaban J connectivity index is 2.22. The third-order valence-corrected chi connectivity index (χ3v) is 3.06. The zero-order chi connectivity index (χ0) is 12.3. The van der Waals surface area contributed by atoms with E-state index in [-0.39, 0.29) is 0 Å². The Bertz CT molecular complexity index is 442. The summed E-state index contributed by atoms with van der Waals surface area (Å²) in [5, 5.41) is 3.22. The van der Waals surface area contributed by atoms with E-state index < -0.39 is 0 Å². The van der Waals surface area contributed by atoms with E-state index in [0.717, 1.165) is 23.8 Å². The Labute approximate surface area is 102 Å². The van der Waals surface area contributed by atoms with Crippen molar-refractivity contribution < 1.29 is 0 Å². The standard InChI is InChI=1S/C13H20N4/c1-9(2)10(7-14-3)13-16-8-12(17-13)11-5-4-6-15-11/h4-6,8-10,14-15H,7H2,1-3H3,(H,16,17). The van der Waals surface area contributed by atoms with Crippen molar-refractivity contribution in [2.24, 2.45) is 5.92 Å². The van der Waals surface area contributed by atoms with Crippen LogP contribution in [-0.2, 0) is 0 Å². The zero-order valence-electron chi connectivity index (χ0n) is 10.6. The van der Waals surface area contributed by atoms with Gasteiger partial charge in [0.15, 0.2) is 0 Å². The Kier molecular flexibility index (Phi) is 3.64. The molecule has 1 unspecified atom stereocenters. The first-order chi connectivity index (χ1) is 8.22. The molecule has 0 fully saturated rings. The maximum absolute atomic E-state index is 4.50. The minimum absolute atomic E-state index is 0.420. The molecule has 2 aromatic heterocycles. The normalized spacial score (nSPS) is 13.2. The first-order valence-corrected chi connectivity index (χ1v) is 6.05. The second kappa shape index (κ2) is 5.19. The summed E-state index contributed by atoms with van der Waals surface area (Å²) >= 11 is 0. The summed E-state index contributed by atoms with van der Waals surface area (Å²) in [5.74, 6) is 2.03. The molecule has 4 nitrogen and oxygen atoms in total. The van der Waals surface area contributed by atoms with Gasteiger partial charge in [0, 0.05) is 18.7 Å². The van der Waals surface area contributed by atoms with E-state index in [1.165, 1.54) is 0 Å². The third-order valence-electron chi connectivity index (χ3n) is 3.06. The van der Waals surface area contributed by atoms with E-state index in [9.17, 15) is 0 Å². The lowest BCUT2D eigenvalue weighted by atomic mass is 9.95. The van der Waals surface area contributed by atoms with Gasteiger partial charge in [-0.15, -0.1) is 0 Å². The molecular weight excluding hydrogens is 212 g/mol. The predicted octanol–water partition coefficient (Wildman–Crippen LogP) is 2.36. The van der Waals surface area contributed by atoms with Crippen LogP contribution in [0.4, 0.5) is 0 Å². The van der Waals surface area contributed by atoms with Crippen LogP contribution in [-0.4, -0.2) is 28.5 Å². The molecule has 3 N–H and O–H groups in total. The Morgan fingerprint density at radius 3 is 2.76 bits per heavy atom. The fourth-order valence-corrected chi connectivity index (χ4v) is 2.03. The molecule has 0 aromatic carbocycles. The van der Waals surface area contributed by atoms with Crippen LogP contribution in [0.3, 0.4) is 0 Å². The fourth-order valence-electron chi connectivity index (χ4n) is 2.03. The number of imidazole rings is 1. The number of likely N-dealkylation sites (N-methyl/N-ethyl adjacent to an activating group) is 1. The molecule has 2 heterocycles. The highest BCUT2D eigenvalue weighted by Crippen LogP contribution is 2.23. The summed E-state index contributed by atoms with van der Waals surface area (Å²) in [5.41, 5.74) is 2.13.